The number of hydrogen-bond acceptors (Lipinski definition) is 4. The minimum atomic E-state index is -1.03. The van der Waals surface area contributed by atoms with Crippen LogP contribution in [0.3, 0.4) is 0 Å². The number of carbonyl (C=O) groups excluding carboxylic acids is 2. The Bertz CT molecular complexity index is 1070. The summed E-state index contributed by atoms with van der Waals surface area (Å²) in [4.78, 5) is 37.5. The van der Waals surface area contributed by atoms with Crippen LogP contribution in [0, 0.1) is 5.92 Å². The number of benzene rings is 2. The molecule has 2 aromatic rings. The molecule has 2 amide bonds. The van der Waals surface area contributed by atoms with Crippen LogP contribution in [-0.4, -0.2) is 41.3 Å². The highest BCUT2D eigenvalue weighted by atomic mass is 16.5. The molecular formula is C28H32N2O5. The number of rotatable bonds is 8. The summed E-state index contributed by atoms with van der Waals surface area (Å²) in [6.45, 7) is 0.182. The molecule has 0 spiro atoms. The predicted octanol–water partition coefficient (Wildman–Crippen LogP) is 4.60. The summed E-state index contributed by atoms with van der Waals surface area (Å²) in [7, 11) is 0. The Balaban J connectivity index is 1.23. The third-order valence-corrected chi connectivity index (χ3v) is 8.01. The van der Waals surface area contributed by atoms with Crippen molar-refractivity contribution in [1.82, 2.24) is 10.6 Å². The SMILES string of the molecule is O=C(O)CC(NC(=O)C1(NC(=O)OCC2c3ccccc3-c3ccccc32)CCC1)C1CCCC1. The number of ether oxygens (including phenoxy) is 1. The standard InChI is InChI=1S/C28H32N2O5/c31-25(32)16-24(18-8-1-2-9-18)29-26(33)28(14-7-15-28)30-27(34)35-17-23-21-12-5-3-10-19(21)20-11-4-6-13-22(20)23/h3-6,10-13,18,23-24H,1-2,7-9,14-17H2,(H,29,33)(H,30,34)(H,31,32). The van der Waals surface area contributed by atoms with Crippen molar-refractivity contribution in [2.45, 2.75) is 68.9 Å². The number of carboxylic acid groups (broad SMARTS) is 1. The summed E-state index contributed by atoms with van der Waals surface area (Å²) in [6, 6.07) is 15.9. The summed E-state index contributed by atoms with van der Waals surface area (Å²) in [5, 5.41) is 15.2. The Kier molecular flexibility index (Phi) is 6.50. The van der Waals surface area contributed by atoms with E-state index in [1.54, 1.807) is 0 Å². The lowest BCUT2D eigenvalue weighted by Crippen LogP contribution is -2.64. The van der Waals surface area contributed by atoms with Crippen molar-refractivity contribution in [2.24, 2.45) is 5.92 Å². The number of carboxylic acids is 1. The van der Waals surface area contributed by atoms with Crippen molar-refractivity contribution in [3.05, 3.63) is 59.7 Å². The van der Waals surface area contributed by atoms with Gasteiger partial charge in [-0.1, -0.05) is 61.4 Å². The average Bonchev–Trinajstić information content (AvgIpc) is 3.46. The Morgan fingerprint density at radius 3 is 2.09 bits per heavy atom. The zero-order chi connectivity index (χ0) is 24.4. The minimum Gasteiger partial charge on any atom is -0.481 e. The van der Waals surface area contributed by atoms with Gasteiger partial charge in [0.1, 0.15) is 12.1 Å². The van der Waals surface area contributed by atoms with Crippen LogP contribution in [0.1, 0.15) is 68.4 Å². The molecule has 184 valence electrons. The van der Waals surface area contributed by atoms with Crippen molar-refractivity contribution in [3.8, 4) is 11.1 Å². The van der Waals surface area contributed by atoms with Gasteiger partial charge in [-0.2, -0.15) is 0 Å². The molecule has 1 unspecified atom stereocenters. The highest BCUT2D eigenvalue weighted by Crippen LogP contribution is 2.44. The fourth-order valence-electron chi connectivity index (χ4n) is 5.96. The molecule has 0 heterocycles. The van der Waals surface area contributed by atoms with Crippen LogP contribution in [0.5, 0.6) is 0 Å². The Labute approximate surface area is 205 Å². The molecule has 2 aromatic carbocycles. The number of fused-ring (bicyclic) bond motifs is 3. The zero-order valence-corrected chi connectivity index (χ0v) is 19.8. The first-order valence-corrected chi connectivity index (χ1v) is 12.6. The van der Waals surface area contributed by atoms with E-state index < -0.39 is 23.6 Å². The maximum absolute atomic E-state index is 13.2. The van der Waals surface area contributed by atoms with E-state index >= 15 is 0 Å². The highest BCUT2D eigenvalue weighted by molar-refractivity contribution is 5.91. The monoisotopic (exact) mass is 476 g/mol. The van der Waals surface area contributed by atoms with Gasteiger partial charge in [0, 0.05) is 12.0 Å². The van der Waals surface area contributed by atoms with Crippen LogP contribution in [0.2, 0.25) is 0 Å². The van der Waals surface area contributed by atoms with Gasteiger partial charge in [-0.05, 0) is 60.3 Å². The van der Waals surface area contributed by atoms with E-state index in [0.717, 1.165) is 54.4 Å². The molecule has 2 saturated carbocycles. The predicted molar refractivity (Wildman–Crippen MR) is 131 cm³/mol. The first kappa shape index (κ1) is 23.4. The third-order valence-electron chi connectivity index (χ3n) is 8.01. The number of carbonyl (C=O) groups is 3. The fraction of sp³-hybridized carbons (Fsp3) is 0.464. The maximum Gasteiger partial charge on any atom is 0.408 e. The lowest BCUT2D eigenvalue weighted by Gasteiger charge is -2.41. The third kappa shape index (κ3) is 4.64. The molecule has 7 heteroatoms. The summed E-state index contributed by atoms with van der Waals surface area (Å²) < 4.78 is 5.67. The Hall–Kier alpha value is -3.35. The van der Waals surface area contributed by atoms with E-state index in [1.807, 2.05) is 24.3 Å². The zero-order valence-electron chi connectivity index (χ0n) is 19.8. The molecule has 0 radical (unpaired) electrons. The number of hydrogen-bond donors (Lipinski definition) is 3. The number of amides is 2. The van der Waals surface area contributed by atoms with Gasteiger partial charge in [-0.15, -0.1) is 0 Å². The molecular weight excluding hydrogens is 444 g/mol. The minimum absolute atomic E-state index is 0.0540. The van der Waals surface area contributed by atoms with Gasteiger partial charge in [0.25, 0.3) is 0 Å². The topological polar surface area (TPSA) is 105 Å². The Morgan fingerprint density at radius 2 is 1.54 bits per heavy atom. The van der Waals surface area contributed by atoms with Crippen LogP contribution < -0.4 is 10.6 Å². The lowest BCUT2D eigenvalue weighted by molar-refractivity contribution is -0.138. The fourth-order valence-corrected chi connectivity index (χ4v) is 5.96. The summed E-state index contributed by atoms with van der Waals surface area (Å²) in [5.74, 6) is -1.10. The van der Waals surface area contributed by atoms with Gasteiger partial charge >= 0.3 is 12.1 Å². The molecule has 2 fully saturated rings. The van der Waals surface area contributed by atoms with Crippen molar-refractivity contribution >= 4 is 18.0 Å². The first-order valence-electron chi connectivity index (χ1n) is 12.6. The van der Waals surface area contributed by atoms with E-state index in [-0.39, 0.29) is 30.8 Å². The second-order valence-electron chi connectivity index (χ2n) is 10.1. The van der Waals surface area contributed by atoms with E-state index in [4.69, 9.17) is 4.74 Å². The smallest absolute Gasteiger partial charge is 0.408 e. The van der Waals surface area contributed by atoms with Crippen molar-refractivity contribution in [1.29, 1.82) is 0 Å². The van der Waals surface area contributed by atoms with Gasteiger partial charge in [0.15, 0.2) is 0 Å². The largest absolute Gasteiger partial charge is 0.481 e. The van der Waals surface area contributed by atoms with Crippen LogP contribution in [-0.2, 0) is 14.3 Å². The molecule has 35 heavy (non-hydrogen) atoms. The summed E-state index contributed by atoms with van der Waals surface area (Å²) in [6.07, 6.45) is 5.11. The van der Waals surface area contributed by atoms with E-state index in [0.29, 0.717) is 12.8 Å². The number of nitrogens with one attached hydrogen (secondary N) is 2. The molecule has 0 aromatic heterocycles. The molecule has 0 saturated heterocycles. The van der Waals surface area contributed by atoms with Crippen LogP contribution in [0.25, 0.3) is 11.1 Å². The van der Waals surface area contributed by atoms with Gasteiger partial charge in [-0.3, -0.25) is 9.59 Å². The first-order chi connectivity index (χ1) is 17.0. The van der Waals surface area contributed by atoms with E-state index in [1.165, 1.54) is 0 Å². The molecule has 1 atom stereocenters. The molecule has 0 aliphatic heterocycles. The molecule has 3 aliphatic carbocycles. The highest BCUT2D eigenvalue weighted by Gasteiger charge is 2.47. The van der Waals surface area contributed by atoms with E-state index in [2.05, 4.69) is 34.9 Å². The van der Waals surface area contributed by atoms with E-state index in [9.17, 15) is 19.5 Å². The van der Waals surface area contributed by atoms with Gasteiger partial charge < -0.3 is 20.5 Å². The van der Waals surface area contributed by atoms with Crippen molar-refractivity contribution in [3.63, 3.8) is 0 Å². The second kappa shape index (κ2) is 9.72. The van der Waals surface area contributed by atoms with Gasteiger partial charge in [0.2, 0.25) is 5.91 Å². The van der Waals surface area contributed by atoms with Crippen molar-refractivity contribution < 1.29 is 24.2 Å². The van der Waals surface area contributed by atoms with Crippen LogP contribution in [0.4, 0.5) is 4.79 Å². The lowest BCUT2D eigenvalue weighted by atomic mass is 9.75. The molecule has 7 nitrogen and oxygen atoms in total. The molecule has 3 aliphatic rings. The molecule has 0 bridgehead atoms. The van der Waals surface area contributed by atoms with Gasteiger partial charge in [-0.25, -0.2) is 4.79 Å². The second-order valence-corrected chi connectivity index (χ2v) is 10.1. The Morgan fingerprint density at radius 1 is 0.943 bits per heavy atom. The number of aliphatic carboxylic acids is 1. The number of alkyl carbamates (subject to hydrolysis) is 1. The normalized spacial score (nSPS) is 19.2. The molecule has 5 rings (SSSR count). The van der Waals surface area contributed by atoms with Gasteiger partial charge in [0.05, 0.1) is 6.42 Å². The average molecular weight is 477 g/mol. The van der Waals surface area contributed by atoms with Crippen LogP contribution in [0.15, 0.2) is 48.5 Å². The van der Waals surface area contributed by atoms with Crippen molar-refractivity contribution in [2.75, 3.05) is 6.61 Å². The summed E-state index contributed by atoms with van der Waals surface area (Å²) in [5.41, 5.74) is 3.54. The maximum atomic E-state index is 13.2. The summed E-state index contributed by atoms with van der Waals surface area (Å²) >= 11 is 0. The van der Waals surface area contributed by atoms with Crippen LogP contribution >= 0.6 is 0 Å². The molecule has 3 N–H and O–H groups in total. The quantitative estimate of drug-likeness (QED) is 0.517.